The third-order valence-electron chi connectivity index (χ3n) is 3.43. The lowest BCUT2D eigenvalue weighted by Crippen LogP contribution is -2.39. The van der Waals surface area contributed by atoms with Crippen LogP contribution in [0.25, 0.3) is 0 Å². The van der Waals surface area contributed by atoms with E-state index < -0.39 is 28.3 Å². The SMILES string of the molecule is C=CCOc1cccc(/C=N\NC(=O)CN(c2ccc(F)cc2)S(C)(=O)=O)c1. The van der Waals surface area contributed by atoms with Gasteiger partial charge >= 0.3 is 0 Å². The average Bonchev–Trinajstić information content (AvgIpc) is 2.65. The van der Waals surface area contributed by atoms with Gasteiger partial charge < -0.3 is 4.74 Å². The fourth-order valence-electron chi connectivity index (χ4n) is 2.19. The van der Waals surface area contributed by atoms with E-state index in [9.17, 15) is 17.6 Å². The Hall–Kier alpha value is -3.20. The van der Waals surface area contributed by atoms with Gasteiger partial charge in [-0.15, -0.1) is 0 Å². The highest BCUT2D eigenvalue weighted by Crippen LogP contribution is 2.17. The maximum absolute atomic E-state index is 13.1. The fraction of sp³-hybridized carbons (Fsp3) is 0.158. The molecule has 2 aromatic carbocycles. The Bertz CT molecular complexity index is 959. The number of rotatable bonds is 9. The first-order valence-corrected chi connectivity index (χ1v) is 10.0. The molecule has 0 atom stereocenters. The largest absolute Gasteiger partial charge is 0.490 e. The molecule has 2 rings (SSSR count). The average molecular weight is 405 g/mol. The smallest absolute Gasteiger partial charge is 0.260 e. The number of anilines is 1. The zero-order chi connectivity index (χ0) is 20.6. The van der Waals surface area contributed by atoms with Gasteiger partial charge in [0.2, 0.25) is 10.0 Å². The lowest BCUT2D eigenvalue weighted by atomic mass is 10.2. The third kappa shape index (κ3) is 6.51. The van der Waals surface area contributed by atoms with E-state index in [4.69, 9.17) is 4.74 Å². The molecular weight excluding hydrogens is 385 g/mol. The van der Waals surface area contributed by atoms with Crippen molar-refractivity contribution >= 4 is 27.8 Å². The van der Waals surface area contributed by atoms with Gasteiger partial charge in [-0.05, 0) is 42.0 Å². The first kappa shape index (κ1) is 21.1. The van der Waals surface area contributed by atoms with Crippen LogP contribution >= 0.6 is 0 Å². The summed E-state index contributed by atoms with van der Waals surface area (Å²) in [6.45, 7) is 3.44. The number of nitrogens with zero attached hydrogens (tertiary/aromatic N) is 2. The van der Waals surface area contributed by atoms with E-state index in [0.717, 1.165) is 22.7 Å². The van der Waals surface area contributed by atoms with Crippen molar-refractivity contribution in [2.24, 2.45) is 5.10 Å². The second kappa shape index (κ2) is 9.65. The number of nitrogens with one attached hydrogen (secondary N) is 1. The Balaban J connectivity index is 2.02. The molecule has 0 heterocycles. The van der Waals surface area contributed by atoms with Gasteiger partial charge in [0.1, 0.15) is 24.7 Å². The zero-order valence-electron chi connectivity index (χ0n) is 15.2. The number of sulfonamides is 1. The van der Waals surface area contributed by atoms with Crippen LogP contribution in [0.15, 0.2) is 66.3 Å². The van der Waals surface area contributed by atoms with E-state index in [-0.39, 0.29) is 5.69 Å². The van der Waals surface area contributed by atoms with Crippen molar-refractivity contribution in [3.8, 4) is 5.75 Å². The molecule has 0 radical (unpaired) electrons. The molecule has 2 aromatic rings. The lowest BCUT2D eigenvalue weighted by molar-refractivity contribution is -0.119. The summed E-state index contributed by atoms with van der Waals surface area (Å²) in [4.78, 5) is 12.1. The standard InChI is InChI=1S/C19H20FN3O4S/c1-3-11-27-18-6-4-5-15(12-18)13-21-22-19(24)14-23(28(2,25)26)17-9-7-16(20)8-10-17/h3-10,12-13H,1,11,14H2,2H3,(H,22,24)/b21-13-. The predicted octanol–water partition coefficient (Wildman–Crippen LogP) is 2.31. The fourth-order valence-corrected chi connectivity index (χ4v) is 3.05. The molecule has 0 spiro atoms. The van der Waals surface area contributed by atoms with Crippen LogP contribution in [0.2, 0.25) is 0 Å². The van der Waals surface area contributed by atoms with Gasteiger partial charge in [-0.2, -0.15) is 5.10 Å². The van der Waals surface area contributed by atoms with Crippen molar-refractivity contribution in [2.75, 3.05) is 23.7 Å². The summed E-state index contributed by atoms with van der Waals surface area (Å²) in [6.07, 6.45) is 3.98. The highest BCUT2D eigenvalue weighted by molar-refractivity contribution is 7.92. The van der Waals surface area contributed by atoms with Gasteiger partial charge in [-0.1, -0.05) is 24.8 Å². The maximum Gasteiger partial charge on any atom is 0.260 e. The van der Waals surface area contributed by atoms with Crippen molar-refractivity contribution in [1.29, 1.82) is 0 Å². The van der Waals surface area contributed by atoms with Crippen LogP contribution in [0.4, 0.5) is 10.1 Å². The van der Waals surface area contributed by atoms with Crippen LogP contribution in [0.5, 0.6) is 5.75 Å². The molecule has 0 saturated heterocycles. The number of hydrogen-bond donors (Lipinski definition) is 1. The molecule has 0 fully saturated rings. The second-order valence-electron chi connectivity index (χ2n) is 5.71. The Morgan fingerprint density at radius 1 is 1.29 bits per heavy atom. The highest BCUT2D eigenvalue weighted by Gasteiger charge is 2.20. The summed E-state index contributed by atoms with van der Waals surface area (Å²) < 4.78 is 43.2. The Morgan fingerprint density at radius 2 is 2.00 bits per heavy atom. The Morgan fingerprint density at radius 3 is 2.64 bits per heavy atom. The van der Waals surface area contributed by atoms with Crippen molar-refractivity contribution in [1.82, 2.24) is 5.43 Å². The summed E-state index contributed by atoms with van der Waals surface area (Å²) in [6, 6.07) is 11.8. The third-order valence-corrected chi connectivity index (χ3v) is 4.57. The number of hydrogen-bond acceptors (Lipinski definition) is 5. The van der Waals surface area contributed by atoms with E-state index in [1.165, 1.54) is 18.3 Å². The predicted molar refractivity (Wildman–Crippen MR) is 106 cm³/mol. The first-order chi connectivity index (χ1) is 13.3. The monoisotopic (exact) mass is 405 g/mol. The quantitative estimate of drug-likeness (QED) is 0.394. The number of hydrazone groups is 1. The van der Waals surface area contributed by atoms with Crippen molar-refractivity contribution in [2.45, 2.75) is 0 Å². The molecule has 0 aromatic heterocycles. The summed E-state index contributed by atoms with van der Waals surface area (Å²) in [5, 5.41) is 3.82. The normalized spacial score (nSPS) is 11.2. The van der Waals surface area contributed by atoms with Crippen molar-refractivity contribution < 1.29 is 22.3 Å². The van der Waals surface area contributed by atoms with Crippen LogP contribution in [0, 0.1) is 5.82 Å². The van der Waals surface area contributed by atoms with Gasteiger partial charge in [0.25, 0.3) is 5.91 Å². The van der Waals surface area contributed by atoms with E-state index in [2.05, 4.69) is 17.1 Å². The Labute approximate surface area is 163 Å². The molecule has 9 heteroatoms. The molecule has 0 saturated carbocycles. The molecule has 7 nitrogen and oxygen atoms in total. The molecule has 1 amide bonds. The number of carbonyl (C=O) groups excluding carboxylic acids is 1. The van der Waals surface area contributed by atoms with Gasteiger partial charge in [0, 0.05) is 0 Å². The molecule has 0 bridgehead atoms. The topological polar surface area (TPSA) is 88.1 Å². The van der Waals surface area contributed by atoms with E-state index in [1.54, 1.807) is 30.3 Å². The minimum Gasteiger partial charge on any atom is -0.490 e. The molecule has 1 N–H and O–H groups in total. The van der Waals surface area contributed by atoms with Crippen LogP contribution in [-0.4, -0.2) is 39.9 Å². The van der Waals surface area contributed by atoms with E-state index >= 15 is 0 Å². The van der Waals surface area contributed by atoms with Crippen LogP contribution < -0.4 is 14.5 Å². The lowest BCUT2D eigenvalue weighted by Gasteiger charge is -2.21. The van der Waals surface area contributed by atoms with Gasteiger partial charge in [-0.25, -0.2) is 18.2 Å². The van der Waals surface area contributed by atoms with E-state index in [1.807, 2.05) is 0 Å². The summed E-state index contributed by atoms with van der Waals surface area (Å²) >= 11 is 0. The molecule has 0 aliphatic carbocycles. The molecule has 0 unspecified atom stereocenters. The summed E-state index contributed by atoms with van der Waals surface area (Å²) in [5.74, 6) is -0.537. The van der Waals surface area contributed by atoms with Crippen molar-refractivity contribution in [3.63, 3.8) is 0 Å². The number of benzene rings is 2. The number of carbonyl (C=O) groups is 1. The van der Waals surface area contributed by atoms with E-state index in [0.29, 0.717) is 17.9 Å². The number of ether oxygens (including phenoxy) is 1. The summed E-state index contributed by atoms with van der Waals surface area (Å²) in [7, 11) is -3.74. The Kier molecular flexibility index (Phi) is 7.28. The molecule has 0 aliphatic rings. The van der Waals surface area contributed by atoms with Gasteiger partial charge in [0.05, 0.1) is 18.2 Å². The zero-order valence-corrected chi connectivity index (χ0v) is 16.0. The highest BCUT2D eigenvalue weighted by atomic mass is 32.2. The van der Waals surface area contributed by atoms with Crippen LogP contribution in [-0.2, 0) is 14.8 Å². The van der Waals surface area contributed by atoms with Gasteiger partial charge in [0.15, 0.2) is 0 Å². The molecule has 0 aliphatic heterocycles. The maximum atomic E-state index is 13.1. The molecule has 148 valence electrons. The minimum atomic E-state index is -3.74. The van der Waals surface area contributed by atoms with Crippen molar-refractivity contribution in [3.05, 3.63) is 72.6 Å². The second-order valence-corrected chi connectivity index (χ2v) is 7.62. The number of amides is 1. The minimum absolute atomic E-state index is 0.176. The summed E-state index contributed by atoms with van der Waals surface area (Å²) in [5.41, 5.74) is 3.13. The van der Waals surface area contributed by atoms with Gasteiger partial charge in [-0.3, -0.25) is 9.10 Å². The molecule has 28 heavy (non-hydrogen) atoms. The van der Waals surface area contributed by atoms with Crippen LogP contribution in [0.3, 0.4) is 0 Å². The van der Waals surface area contributed by atoms with Crippen LogP contribution in [0.1, 0.15) is 5.56 Å². The number of halogens is 1. The molecular formula is C19H20FN3O4S. The first-order valence-electron chi connectivity index (χ1n) is 8.18.